The van der Waals surface area contributed by atoms with Crippen molar-refractivity contribution in [1.82, 2.24) is 5.32 Å². The van der Waals surface area contributed by atoms with Gasteiger partial charge in [-0.3, -0.25) is 9.59 Å². The van der Waals surface area contributed by atoms with Gasteiger partial charge >= 0.3 is 5.97 Å². The first kappa shape index (κ1) is 14.3. The first-order valence-electron chi connectivity index (χ1n) is 5.40. The van der Waals surface area contributed by atoms with Crippen LogP contribution in [-0.2, 0) is 4.79 Å². The van der Waals surface area contributed by atoms with Crippen LogP contribution < -0.4 is 5.32 Å². The van der Waals surface area contributed by atoms with E-state index in [1.54, 1.807) is 0 Å². The lowest BCUT2D eigenvalue weighted by atomic mass is 10.0. The molecule has 0 aliphatic heterocycles. The highest BCUT2D eigenvalue weighted by Crippen LogP contribution is 2.08. The van der Waals surface area contributed by atoms with Crippen molar-refractivity contribution in [1.29, 1.82) is 0 Å². The predicted octanol–water partition coefficient (Wildman–Crippen LogP) is 0.434. The van der Waals surface area contributed by atoms with Gasteiger partial charge in [-0.2, -0.15) is 0 Å². The minimum atomic E-state index is -1.12. The van der Waals surface area contributed by atoms with Crippen LogP contribution in [0.25, 0.3) is 0 Å². The van der Waals surface area contributed by atoms with Crippen LogP contribution in [0.15, 0.2) is 24.3 Å². The minimum Gasteiger partial charge on any atom is -0.481 e. The molecule has 98 valence electrons. The molecule has 0 heterocycles. The van der Waals surface area contributed by atoms with Crippen molar-refractivity contribution in [2.75, 3.05) is 13.2 Å². The van der Waals surface area contributed by atoms with E-state index in [0.29, 0.717) is 0 Å². The minimum absolute atomic E-state index is 0.116. The number of carboxylic acids is 1. The molecule has 0 spiro atoms. The number of hydrogen-bond donors (Lipinski definition) is 3. The highest BCUT2D eigenvalue weighted by Gasteiger charge is 2.22. The van der Waals surface area contributed by atoms with Crippen LogP contribution in [0, 0.1) is 5.82 Å². The maximum absolute atomic E-state index is 12.7. The first-order chi connectivity index (χ1) is 8.54. The van der Waals surface area contributed by atoms with Gasteiger partial charge in [-0.25, -0.2) is 4.39 Å². The van der Waals surface area contributed by atoms with Gasteiger partial charge in [0.25, 0.3) is 0 Å². The lowest BCUT2D eigenvalue weighted by Gasteiger charge is -2.15. The molecule has 0 radical (unpaired) electrons. The summed E-state index contributed by atoms with van der Waals surface area (Å²) in [5, 5.41) is 20.0. The summed E-state index contributed by atoms with van der Waals surface area (Å²) in [6, 6.07) is 3.94. The van der Waals surface area contributed by atoms with Crippen molar-refractivity contribution >= 4 is 11.8 Å². The lowest BCUT2D eigenvalue weighted by molar-refractivity contribution is -0.137. The Labute approximate surface area is 103 Å². The molecule has 0 saturated carbocycles. The smallest absolute Gasteiger partial charge is 0.305 e. The van der Waals surface area contributed by atoms with Gasteiger partial charge in [0.1, 0.15) is 5.82 Å². The molecule has 0 aliphatic rings. The molecule has 0 bridgehead atoms. The molecule has 6 heteroatoms. The average Bonchev–Trinajstić information content (AvgIpc) is 2.34. The summed E-state index contributed by atoms with van der Waals surface area (Å²) in [7, 11) is 0. The molecule has 0 saturated heterocycles. The van der Waals surface area contributed by atoms with E-state index >= 15 is 0 Å². The first-order valence-corrected chi connectivity index (χ1v) is 5.40. The molecule has 5 nitrogen and oxygen atoms in total. The van der Waals surface area contributed by atoms with E-state index in [-0.39, 0.29) is 18.7 Å². The number of hydrogen-bond acceptors (Lipinski definition) is 4. The Morgan fingerprint density at radius 3 is 2.39 bits per heavy atom. The number of nitrogens with one attached hydrogen (secondary N) is 1. The van der Waals surface area contributed by atoms with E-state index < -0.39 is 30.0 Å². The van der Waals surface area contributed by atoms with Gasteiger partial charge in [0, 0.05) is 12.1 Å². The molecular weight excluding hydrogens is 241 g/mol. The molecule has 3 N–H and O–H groups in total. The topological polar surface area (TPSA) is 86.6 Å². The zero-order valence-corrected chi connectivity index (χ0v) is 9.60. The highest BCUT2D eigenvalue weighted by atomic mass is 19.1. The fraction of sp³-hybridized carbons (Fsp3) is 0.333. The van der Waals surface area contributed by atoms with Crippen molar-refractivity contribution in [3.63, 3.8) is 0 Å². The quantitative estimate of drug-likeness (QED) is 0.615. The second-order valence-corrected chi connectivity index (χ2v) is 3.70. The van der Waals surface area contributed by atoms with Crippen molar-refractivity contribution in [3.05, 3.63) is 35.6 Å². The number of aliphatic hydroxyl groups excluding tert-OH is 1. The Kier molecular flexibility index (Phi) is 5.41. The largest absolute Gasteiger partial charge is 0.481 e. The fourth-order valence-corrected chi connectivity index (χ4v) is 1.49. The number of aliphatic carboxylic acids is 1. The van der Waals surface area contributed by atoms with E-state index in [4.69, 9.17) is 10.2 Å². The van der Waals surface area contributed by atoms with Crippen LogP contribution in [0.4, 0.5) is 4.39 Å². The Balaban J connectivity index is 2.80. The SMILES string of the molecule is O=C(O)CC(NCCO)C(=O)c1ccc(F)cc1. The molecule has 0 aromatic heterocycles. The number of ketones is 1. The van der Waals surface area contributed by atoms with Gasteiger partial charge in [-0.05, 0) is 24.3 Å². The van der Waals surface area contributed by atoms with E-state index in [9.17, 15) is 14.0 Å². The number of rotatable bonds is 7. The van der Waals surface area contributed by atoms with Crippen molar-refractivity contribution in [3.8, 4) is 0 Å². The highest BCUT2D eigenvalue weighted by molar-refractivity contribution is 6.01. The van der Waals surface area contributed by atoms with Crippen molar-refractivity contribution in [2.45, 2.75) is 12.5 Å². The molecule has 1 rings (SSSR count). The number of halogens is 1. The van der Waals surface area contributed by atoms with Crippen molar-refractivity contribution < 1.29 is 24.2 Å². The Hall–Kier alpha value is -1.79. The molecule has 0 aliphatic carbocycles. The van der Waals surface area contributed by atoms with E-state index in [1.165, 1.54) is 12.1 Å². The molecule has 1 aromatic rings. The Bertz CT molecular complexity index is 419. The summed E-state index contributed by atoms with van der Waals surface area (Å²) in [6.45, 7) is -0.0856. The Morgan fingerprint density at radius 1 is 1.28 bits per heavy atom. The van der Waals surface area contributed by atoms with Crippen molar-refractivity contribution in [2.24, 2.45) is 0 Å². The van der Waals surface area contributed by atoms with Crippen LogP contribution in [0.5, 0.6) is 0 Å². The molecule has 1 unspecified atom stereocenters. The summed E-state index contributed by atoms with van der Waals surface area (Å²) < 4.78 is 12.7. The van der Waals surface area contributed by atoms with Crippen LogP contribution >= 0.6 is 0 Å². The standard InChI is InChI=1S/C12H14FNO4/c13-9-3-1-8(2-4-9)12(18)10(7-11(16)17)14-5-6-15/h1-4,10,14-15H,5-7H2,(H,16,17). The van der Waals surface area contributed by atoms with Gasteiger partial charge in [0.2, 0.25) is 0 Å². The number of Topliss-reactive ketones (excluding diaryl/α,β-unsaturated/α-hetero) is 1. The third kappa shape index (κ3) is 4.23. The van der Waals surface area contributed by atoms with Crippen LogP contribution in [0.2, 0.25) is 0 Å². The molecule has 18 heavy (non-hydrogen) atoms. The molecule has 1 aromatic carbocycles. The second-order valence-electron chi connectivity index (χ2n) is 3.70. The summed E-state index contributed by atoms with van der Waals surface area (Å²) in [5.41, 5.74) is 0.230. The average molecular weight is 255 g/mol. The summed E-state index contributed by atoms with van der Waals surface area (Å²) in [5.74, 6) is -2.03. The summed E-state index contributed by atoms with van der Waals surface area (Å²) in [4.78, 5) is 22.6. The van der Waals surface area contributed by atoms with Crippen LogP contribution in [-0.4, -0.2) is 41.2 Å². The number of benzene rings is 1. The van der Waals surface area contributed by atoms with Gasteiger partial charge in [0.15, 0.2) is 5.78 Å². The number of carbonyl (C=O) groups excluding carboxylic acids is 1. The second kappa shape index (κ2) is 6.83. The molecule has 0 fully saturated rings. The number of aliphatic hydroxyl groups is 1. The third-order valence-corrected chi connectivity index (χ3v) is 2.33. The van der Waals surface area contributed by atoms with Gasteiger partial charge in [-0.15, -0.1) is 0 Å². The maximum atomic E-state index is 12.7. The van der Waals surface area contributed by atoms with Gasteiger partial charge < -0.3 is 15.5 Å². The van der Waals surface area contributed by atoms with Crippen LogP contribution in [0.1, 0.15) is 16.8 Å². The third-order valence-electron chi connectivity index (χ3n) is 2.33. The van der Waals surface area contributed by atoms with E-state index in [1.807, 2.05) is 0 Å². The lowest BCUT2D eigenvalue weighted by Crippen LogP contribution is -2.40. The zero-order chi connectivity index (χ0) is 13.5. The Morgan fingerprint density at radius 2 is 1.89 bits per heavy atom. The molecule has 0 amide bonds. The maximum Gasteiger partial charge on any atom is 0.305 e. The molecule has 1 atom stereocenters. The summed E-state index contributed by atoms with van der Waals surface area (Å²) in [6.07, 6.45) is -0.393. The van der Waals surface area contributed by atoms with Gasteiger partial charge in [0.05, 0.1) is 19.1 Å². The molecular formula is C12H14FNO4. The van der Waals surface area contributed by atoms with E-state index in [0.717, 1.165) is 12.1 Å². The van der Waals surface area contributed by atoms with Crippen LogP contribution in [0.3, 0.4) is 0 Å². The summed E-state index contributed by atoms with van der Waals surface area (Å²) >= 11 is 0. The monoisotopic (exact) mass is 255 g/mol. The zero-order valence-electron chi connectivity index (χ0n) is 9.60. The predicted molar refractivity (Wildman–Crippen MR) is 61.9 cm³/mol. The normalized spacial score (nSPS) is 12.1. The number of carbonyl (C=O) groups is 2. The van der Waals surface area contributed by atoms with Gasteiger partial charge in [-0.1, -0.05) is 0 Å². The number of carboxylic acid groups (broad SMARTS) is 1. The van der Waals surface area contributed by atoms with E-state index in [2.05, 4.69) is 5.32 Å². The fourth-order valence-electron chi connectivity index (χ4n) is 1.49.